The average molecular weight is 344 g/mol. The van der Waals surface area contributed by atoms with Crippen molar-refractivity contribution in [2.24, 2.45) is 5.92 Å². The van der Waals surface area contributed by atoms with Crippen LogP contribution in [0.2, 0.25) is 0 Å². The SMILES string of the molecule is CC(C)CCCCOC(=O)OC1CCCC(OC(=O)OC(C)C)C1. The smallest absolute Gasteiger partial charge is 0.434 e. The maximum Gasteiger partial charge on any atom is 0.508 e. The molecule has 0 amide bonds. The third-order valence-electron chi connectivity index (χ3n) is 3.83. The number of ether oxygens (including phenoxy) is 4. The highest BCUT2D eigenvalue weighted by Crippen LogP contribution is 2.24. The maximum absolute atomic E-state index is 11.7. The van der Waals surface area contributed by atoms with E-state index in [0.29, 0.717) is 18.9 Å². The van der Waals surface area contributed by atoms with Gasteiger partial charge in [-0.15, -0.1) is 0 Å². The molecule has 1 rings (SSSR count). The van der Waals surface area contributed by atoms with E-state index in [4.69, 9.17) is 18.9 Å². The van der Waals surface area contributed by atoms with Gasteiger partial charge in [0, 0.05) is 6.42 Å². The minimum absolute atomic E-state index is 0.209. The quantitative estimate of drug-likeness (QED) is 0.463. The fourth-order valence-corrected chi connectivity index (χ4v) is 2.65. The molecule has 0 N–H and O–H groups in total. The van der Waals surface area contributed by atoms with E-state index in [1.807, 2.05) is 0 Å². The monoisotopic (exact) mass is 344 g/mol. The van der Waals surface area contributed by atoms with E-state index in [9.17, 15) is 9.59 Å². The van der Waals surface area contributed by atoms with Crippen molar-refractivity contribution in [1.29, 1.82) is 0 Å². The van der Waals surface area contributed by atoms with Crippen LogP contribution in [0.15, 0.2) is 0 Å². The summed E-state index contributed by atoms with van der Waals surface area (Å²) in [5.74, 6) is 0.665. The van der Waals surface area contributed by atoms with E-state index in [1.165, 1.54) is 0 Å². The molecule has 2 atom stereocenters. The highest BCUT2D eigenvalue weighted by atomic mass is 16.7. The minimum Gasteiger partial charge on any atom is -0.434 e. The van der Waals surface area contributed by atoms with Crippen molar-refractivity contribution in [1.82, 2.24) is 0 Å². The molecule has 0 heterocycles. The molecule has 1 saturated carbocycles. The Bertz CT molecular complexity index is 380. The summed E-state index contributed by atoms with van der Waals surface area (Å²) in [4.78, 5) is 23.2. The van der Waals surface area contributed by atoms with Crippen LogP contribution in [0.1, 0.15) is 72.6 Å². The van der Waals surface area contributed by atoms with E-state index < -0.39 is 12.3 Å². The lowest BCUT2D eigenvalue weighted by molar-refractivity contribution is -0.0401. The summed E-state index contributed by atoms with van der Waals surface area (Å²) in [7, 11) is 0. The number of carbonyl (C=O) groups excluding carboxylic acids is 2. The predicted octanol–water partition coefficient (Wildman–Crippen LogP) is 4.84. The van der Waals surface area contributed by atoms with Gasteiger partial charge in [0.1, 0.15) is 12.2 Å². The molecule has 0 bridgehead atoms. The van der Waals surface area contributed by atoms with Gasteiger partial charge in [-0.1, -0.05) is 20.3 Å². The van der Waals surface area contributed by atoms with Crippen molar-refractivity contribution < 1.29 is 28.5 Å². The zero-order valence-electron chi connectivity index (χ0n) is 15.4. The third-order valence-corrected chi connectivity index (χ3v) is 3.83. The largest absolute Gasteiger partial charge is 0.508 e. The minimum atomic E-state index is -0.664. The van der Waals surface area contributed by atoms with Crippen LogP contribution in [0.25, 0.3) is 0 Å². The van der Waals surface area contributed by atoms with Crippen molar-refractivity contribution in [3.8, 4) is 0 Å². The number of unbranched alkanes of at least 4 members (excludes halogenated alkanes) is 1. The van der Waals surface area contributed by atoms with E-state index in [-0.39, 0.29) is 18.3 Å². The molecule has 0 aromatic heterocycles. The fraction of sp³-hybridized carbons (Fsp3) is 0.889. The Morgan fingerprint density at radius 1 is 0.958 bits per heavy atom. The zero-order chi connectivity index (χ0) is 17.9. The first-order valence-electron chi connectivity index (χ1n) is 9.07. The van der Waals surface area contributed by atoms with E-state index in [0.717, 1.165) is 38.5 Å². The molecule has 0 aromatic rings. The van der Waals surface area contributed by atoms with Crippen LogP contribution in [0.3, 0.4) is 0 Å². The second kappa shape index (κ2) is 11.2. The highest BCUT2D eigenvalue weighted by Gasteiger charge is 2.28. The molecule has 0 aromatic carbocycles. The van der Waals surface area contributed by atoms with Gasteiger partial charge < -0.3 is 18.9 Å². The van der Waals surface area contributed by atoms with Crippen molar-refractivity contribution in [3.63, 3.8) is 0 Å². The highest BCUT2D eigenvalue weighted by molar-refractivity contribution is 5.60. The molecule has 0 aliphatic heterocycles. The Balaban J connectivity index is 2.20. The van der Waals surface area contributed by atoms with Crippen LogP contribution in [0.5, 0.6) is 0 Å². The van der Waals surface area contributed by atoms with Crippen LogP contribution in [-0.2, 0) is 18.9 Å². The standard InChI is InChI=1S/C18H32O6/c1-13(2)8-5-6-11-21-17(19)23-15-9-7-10-16(12-15)24-18(20)22-14(3)4/h13-16H,5-12H2,1-4H3. The Labute approximate surface area is 145 Å². The zero-order valence-corrected chi connectivity index (χ0v) is 15.4. The summed E-state index contributed by atoms with van der Waals surface area (Å²) in [6.45, 7) is 8.27. The van der Waals surface area contributed by atoms with Crippen LogP contribution >= 0.6 is 0 Å². The Morgan fingerprint density at radius 2 is 1.58 bits per heavy atom. The number of hydrogen-bond acceptors (Lipinski definition) is 6. The van der Waals surface area contributed by atoms with E-state index >= 15 is 0 Å². The molecule has 140 valence electrons. The summed E-state index contributed by atoms with van der Waals surface area (Å²) in [6, 6.07) is 0. The van der Waals surface area contributed by atoms with Crippen molar-refractivity contribution in [3.05, 3.63) is 0 Å². The molecule has 1 aliphatic carbocycles. The fourth-order valence-electron chi connectivity index (χ4n) is 2.65. The lowest BCUT2D eigenvalue weighted by Crippen LogP contribution is -2.32. The van der Waals surface area contributed by atoms with Crippen molar-refractivity contribution in [2.45, 2.75) is 91.0 Å². The molecule has 6 heteroatoms. The first-order valence-corrected chi connectivity index (χ1v) is 9.07. The first-order chi connectivity index (χ1) is 11.4. The summed E-state index contributed by atoms with van der Waals surface area (Å²) < 4.78 is 20.6. The Morgan fingerprint density at radius 3 is 2.17 bits per heavy atom. The van der Waals surface area contributed by atoms with Gasteiger partial charge in [-0.3, -0.25) is 0 Å². The molecule has 1 aliphatic rings. The van der Waals surface area contributed by atoms with Gasteiger partial charge in [-0.2, -0.15) is 0 Å². The predicted molar refractivity (Wildman–Crippen MR) is 89.9 cm³/mol. The molecule has 0 spiro atoms. The topological polar surface area (TPSA) is 71.1 Å². The van der Waals surface area contributed by atoms with Gasteiger partial charge in [-0.25, -0.2) is 9.59 Å². The van der Waals surface area contributed by atoms with Crippen LogP contribution < -0.4 is 0 Å². The lowest BCUT2D eigenvalue weighted by atomic mass is 9.95. The van der Waals surface area contributed by atoms with Crippen LogP contribution in [0.4, 0.5) is 9.59 Å². The second-order valence-electron chi connectivity index (χ2n) is 7.05. The second-order valence-corrected chi connectivity index (χ2v) is 7.05. The van der Waals surface area contributed by atoms with Gasteiger partial charge in [0.15, 0.2) is 0 Å². The van der Waals surface area contributed by atoms with Crippen molar-refractivity contribution in [2.75, 3.05) is 6.61 Å². The summed E-state index contributed by atoms with van der Waals surface area (Å²) in [5, 5.41) is 0. The molecule has 2 unspecified atom stereocenters. The normalized spacial score (nSPS) is 20.8. The summed E-state index contributed by atoms with van der Waals surface area (Å²) in [6.07, 6.45) is 3.85. The summed E-state index contributed by atoms with van der Waals surface area (Å²) >= 11 is 0. The van der Waals surface area contributed by atoms with Crippen LogP contribution in [-0.4, -0.2) is 37.2 Å². The van der Waals surface area contributed by atoms with Gasteiger partial charge in [0.2, 0.25) is 0 Å². The molecule has 0 radical (unpaired) electrons. The molecule has 1 fully saturated rings. The number of rotatable bonds is 8. The molecule has 0 saturated heterocycles. The number of carbonyl (C=O) groups is 2. The molecular formula is C18H32O6. The van der Waals surface area contributed by atoms with Crippen molar-refractivity contribution >= 4 is 12.3 Å². The maximum atomic E-state index is 11.7. The lowest BCUT2D eigenvalue weighted by Gasteiger charge is -2.28. The van der Waals surface area contributed by atoms with Crippen LogP contribution in [0, 0.1) is 5.92 Å². The Kier molecular flexibility index (Phi) is 9.57. The Hall–Kier alpha value is -1.46. The molecule has 24 heavy (non-hydrogen) atoms. The molecular weight excluding hydrogens is 312 g/mol. The van der Waals surface area contributed by atoms with Gasteiger partial charge in [0.05, 0.1) is 12.7 Å². The van der Waals surface area contributed by atoms with E-state index in [1.54, 1.807) is 13.8 Å². The molecule has 6 nitrogen and oxygen atoms in total. The third kappa shape index (κ3) is 9.63. The van der Waals surface area contributed by atoms with Gasteiger partial charge in [0.25, 0.3) is 0 Å². The van der Waals surface area contributed by atoms with E-state index in [2.05, 4.69) is 13.8 Å². The number of hydrogen-bond donors (Lipinski definition) is 0. The van der Waals surface area contributed by atoms with Gasteiger partial charge >= 0.3 is 12.3 Å². The first kappa shape index (κ1) is 20.6. The summed E-state index contributed by atoms with van der Waals surface area (Å²) in [5.41, 5.74) is 0. The van der Waals surface area contributed by atoms with Gasteiger partial charge in [-0.05, 0) is 51.9 Å². The average Bonchev–Trinajstić information content (AvgIpc) is 2.45.